The Morgan fingerprint density at radius 2 is 2.00 bits per heavy atom. The fraction of sp³-hybridized carbons (Fsp3) is 0.357. The molecular formula is C14H16N2O3S. The van der Waals surface area contributed by atoms with Crippen molar-refractivity contribution in [1.29, 1.82) is 0 Å². The highest BCUT2D eigenvalue weighted by Crippen LogP contribution is 2.25. The lowest BCUT2D eigenvalue weighted by Crippen LogP contribution is -2.03. The number of nitrogens with zero attached hydrogens (tertiary/aromatic N) is 2. The van der Waals surface area contributed by atoms with Gasteiger partial charge in [0.25, 0.3) is 5.19 Å². The number of hydrogen-bond acceptors (Lipinski definition) is 6. The second-order valence-electron chi connectivity index (χ2n) is 4.42. The van der Waals surface area contributed by atoms with Gasteiger partial charge in [-0.1, -0.05) is 13.8 Å². The average Bonchev–Trinajstić information content (AvgIpc) is 2.88. The van der Waals surface area contributed by atoms with E-state index in [4.69, 9.17) is 9.47 Å². The van der Waals surface area contributed by atoms with E-state index >= 15 is 0 Å². The highest BCUT2D eigenvalue weighted by Gasteiger charge is 2.10. The molecule has 1 aromatic carbocycles. The summed E-state index contributed by atoms with van der Waals surface area (Å²) in [5.74, 6) is 1.32. The van der Waals surface area contributed by atoms with E-state index in [0.717, 1.165) is 5.82 Å². The van der Waals surface area contributed by atoms with Crippen LogP contribution in [0.1, 0.15) is 42.9 Å². The molecule has 0 N–H and O–H groups in total. The molecule has 0 spiro atoms. The number of carbonyl (C=O) groups is 1. The van der Waals surface area contributed by atoms with E-state index in [-0.39, 0.29) is 11.9 Å². The summed E-state index contributed by atoms with van der Waals surface area (Å²) in [5.41, 5.74) is 0.499. The summed E-state index contributed by atoms with van der Waals surface area (Å²) in [6.45, 7) is 6.19. The van der Waals surface area contributed by atoms with Gasteiger partial charge in [-0.05, 0) is 31.2 Å². The third kappa shape index (κ3) is 3.54. The first-order valence-corrected chi connectivity index (χ1v) is 7.16. The number of carbonyl (C=O) groups excluding carboxylic acids is 1. The predicted molar refractivity (Wildman–Crippen MR) is 76.5 cm³/mol. The number of hydrogen-bond donors (Lipinski definition) is 0. The Hall–Kier alpha value is -1.95. The van der Waals surface area contributed by atoms with Gasteiger partial charge in [0.2, 0.25) is 0 Å². The van der Waals surface area contributed by atoms with Crippen LogP contribution in [-0.2, 0) is 4.74 Å². The van der Waals surface area contributed by atoms with Gasteiger partial charge < -0.3 is 9.47 Å². The molecule has 2 aromatic rings. The fourth-order valence-electron chi connectivity index (χ4n) is 1.47. The second kappa shape index (κ2) is 6.47. The van der Waals surface area contributed by atoms with Gasteiger partial charge in [-0.25, -0.2) is 4.79 Å². The Morgan fingerprint density at radius 1 is 1.30 bits per heavy atom. The fourth-order valence-corrected chi connectivity index (χ4v) is 2.16. The average molecular weight is 292 g/mol. The molecule has 0 aliphatic heterocycles. The van der Waals surface area contributed by atoms with Crippen LogP contribution in [0.5, 0.6) is 10.9 Å². The molecule has 0 fully saturated rings. The molecule has 0 amide bonds. The first-order chi connectivity index (χ1) is 9.60. The smallest absolute Gasteiger partial charge is 0.338 e. The molecular weight excluding hydrogens is 276 g/mol. The van der Waals surface area contributed by atoms with Gasteiger partial charge in [0.1, 0.15) is 11.6 Å². The van der Waals surface area contributed by atoms with Crippen molar-refractivity contribution in [2.45, 2.75) is 26.7 Å². The van der Waals surface area contributed by atoms with Crippen molar-refractivity contribution in [2.75, 3.05) is 6.61 Å². The van der Waals surface area contributed by atoms with Gasteiger partial charge in [0.15, 0.2) is 0 Å². The zero-order chi connectivity index (χ0) is 14.5. The molecule has 0 radical (unpaired) electrons. The van der Waals surface area contributed by atoms with Gasteiger partial charge in [-0.15, -0.1) is 0 Å². The molecule has 106 valence electrons. The molecule has 0 saturated carbocycles. The zero-order valence-electron chi connectivity index (χ0n) is 11.6. The van der Waals surface area contributed by atoms with Crippen molar-refractivity contribution in [3.63, 3.8) is 0 Å². The van der Waals surface area contributed by atoms with Crippen molar-refractivity contribution in [3.8, 4) is 10.9 Å². The van der Waals surface area contributed by atoms with E-state index in [2.05, 4.69) is 9.36 Å². The van der Waals surface area contributed by atoms with Crippen LogP contribution in [-0.4, -0.2) is 21.9 Å². The van der Waals surface area contributed by atoms with Crippen LogP contribution in [0.4, 0.5) is 0 Å². The summed E-state index contributed by atoms with van der Waals surface area (Å²) in [6.07, 6.45) is 0. The van der Waals surface area contributed by atoms with Crippen molar-refractivity contribution < 1.29 is 14.3 Å². The van der Waals surface area contributed by atoms with Crippen LogP contribution >= 0.6 is 11.5 Å². The van der Waals surface area contributed by atoms with Gasteiger partial charge in [-0.2, -0.15) is 9.36 Å². The summed E-state index contributed by atoms with van der Waals surface area (Å²) in [4.78, 5) is 15.8. The van der Waals surface area contributed by atoms with Crippen LogP contribution in [0.2, 0.25) is 0 Å². The standard InChI is InChI=1S/C14H16N2O3S/c1-4-18-13(17)10-5-7-11(8-6-10)19-14-15-12(9(2)3)16-20-14/h5-9H,4H2,1-3H3. The molecule has 0 atom stereocenters. The molecule has 0 saturated heterocycles. The Morgan fingerprint density at radius 3 is 2.55 bits per heavy atom. The van der Waals surface area contributed by atoms with Gasteiger partial charge >= 0.3 is 5.97 Å². The molecule has 2 rings (SSSR count). The second-order valence-corrected chi connectivity index (χ2v) is 5.13. The largest absolute Gasteiger partial charge is 0.462 e. The third-order valence-corrected chi connectivity index (χ3v) is 3.12. The first-order valence-electron chi connectivity index (χ1n) is 6.38. The number of rotatable bonds is 5. The lowest BCUT2D eigenvalue weighted by atomic mass is 10.2. The summed E-state index contributed by atoms with van der Waals surface area (Å²) in [5, 5.41) is 0.498. The molecule has 0 aliphatic carbocycles. The monoisotopic (exact) mass is 292 g/mol. The van der Waals surface area contributed by atoms with E-state index in [9.17, 15) is 4.79 Å². The maximum absolute atomic E-state index is 11.5. The van der Waals surface area contributed by atoms with Crippen LogP contribution in [0.15, 0.2) is 24.3 Å². The molecule has 20 heavy (non-hydrogen) atoms. The molecule has 0 aliphatic rings. The van der Waals surface area contributed by atoms with Crippen molar-refractivity contribution in [2.24, 2.45) is 0 Å². The topological polar surface area (TPSA) is 61.3 Å². The molecule has 0 bridgehead atoms. The molecule has 1 heterocycles. The van der Waals surface area contributed by atoms with Crippen LogP contribution < -0.4 is 4.74 Å². The highest BCUT2D eigenvalue weighted by atomic mass is 32.1. The Kier molecular flexibility index (Phi) is 4.68. The number of esters is 1. The first kappa shape index (κ1) is 14.5. The van der Waals surface area contributed by atoms with Gasteiger partial charge in [0, 0.05) is 17.5 Å². The Bertz CT molecular complexity index is 578. The maximum Gasteiger partial charge on any atom is 0.338 e. The lowest BCUT2D eigenvalue weighted by molar-refractivity contribution is 0.0526. The molecule has 6 heteroatoms. The maximum atomic E-state index is 11.5. The van der Waals surface area contributed by atoms with E-state index in [1.54, 1.807) is 31.2 Å². The third-order valence-electron chi connectivity index (χ3n) is 2.51. The van der Waals surface area contributed by atoms with E-state index in [1.165, 1.54) is 11.5 Å². The SMILES string of the molecule is CCOC(=O)c1ccc(Oc2nc(C(C)C)ns2)cc1. The van der Waals surface area contributed by atoms with Gasteiger partial charge in [-0.3, -0.25) is 0 Å². The number of ether oxygens (including phenoxy) is 2. The molecule has 1 aromatic heterocycles. The Labute approximate surface area is 121 Å². The lowest BCUT2D eigenvalue weighted by Gasteiger charge is -2.03. The van der Waals surface area contributed by atoms with Crippen molar-refractivity contribution in [3.05, 3.63) is 35.7 Å². The number of aromatic nitrogens is 2. The van der Waals surface area contributed by atoms with Crippen molar-refractivity contribution >= 4 is 17.5 Å². The van der Waals surface area contributed by atoms with Crippen LogP contribution in [0.3, 0.4) is 0 Å². The summed E-state index contributed by atoms with van der Waals surface area (Å²) >= 11 is 1.22. The minimum Gasteiger partial charge on any atom is -0.462 e. The Balaban J connectivity index is 2.04. The minimum absolute atomic E-state index is 0.273. The highest BCUT2D eigenvalue weighted by molar-refractivity contribution is 7.07. The quantitative estimate of drug-likeness (QED) is 0.787. The van der Waals surface area contributed by atoms with Crippen LogP contribution in [0, 0.1) is 0 Å². The van der Waals surface area contributed by atoms with Crippen LogP contribution in [0.25, 0.3) is 0 Å². The zero-order valence-corrected chi connectivity index (χ0v) is 12.4. The predicted octanol–water partition coefficient (Wildman–Crippen LogP) is 3.63. The minimum atomic E-state index is -0.336. The summed E-state index contributed by atoms with van der Waals surface area (Å²) in [7, 11) is 0. The summed E-state index contributed by atoms with van der Waals surface area (Å²) in [6, 6.07) is 6.75. The van der Waals surface area contributed by atoms with E-state index < -0.39 is 0 Å². The van der Waals surface area contributed by atoms with Gasteiger partial charge in [0.05, 0.1) is 12.2 Å². The van der Waals surface area contributed by atoms with E-state index in [0.29, 0.717) is 23.1 Å². The summed E-state index contributed by atoms with van der Waals surface area (Å²) < 4.78 is 14.7. The van der Waals surface area contributed by atoms with Crippen molar-refractivity contribution in [1.82, 2.24) is 9.36 Å². The normalized spacial score (nSPS) is 10.6. The van der Waals surface area contributed by atoms with E-state index in [1.807, 2.05) is 13.8 Å². The molecule has 0 unspecified atom stereocenters. The number of benzene rings is 1. The molecule has 5 nitrogen and oxygen atoms in total.